The maximum absolute atomic E-state index is 12.4. The first-order chi connectivity index (χ1) is 8.45. The average Bonchev–Trinajstić information content (AvgIpc) is 2.86. The van der Waals surface area contributed by atoms with Gasteiger partial charge in [-0.05, 0) is 56.7 Å². The minimum Gasteiger partial charge on any atom is -0.396 e. The van der Waals surface area contributed by atoms with Gasteiger partial charge in [-0.2, -0.15) is 4.31 Å². The third-order valence-electron chi connectivity index (χ3n) is 3.03. The number of thiophene rings is 1. The summed E-state index contributed by atoms with van der Waals surface area (Å²) in [5, 5.41) is 8.90. The van der Waals surface area contributed by atoms with Crippen molar-refractivity contribution in [3.05, 3.63) is 13.6 Å². The molecule has 1 aromatic rings. The molecule has 2 rings (SSSR count). The van der Waals surface area contributed by atoms with Gasteiger partial charge in [-0.3, -0.25) is 0 Å². The molecule has 0 aromatic carbocycles. The summed E-state index contributed by atoms with van der Waals surface area (Å²) in [5.41, 5.74) is 0. The van der Waals surface area contributed by atoms with Crippen molar-refractivity contribution in [1.82, 2.24) is 4.31 Å². The van der Waals surface area contributed by atoms with Crippen LogP contribution in [0.25, 0.3) is 0 Å². The van der Waals surface area contributed by atoms with E-state index in [0.29, 0.717) is 28.2 Å². The van der Waals surface area contributed by atoms with Crippen LogP contribution in [-0.2, 0) is 10.0 Å². The van der Waals surface area contributed by atoms with Crippen LogP contribution in [0.3, 0.4) is 0 Å². The molecule has 1 N–H and O–H groups in total. The summed E-state index contributed by atoms with van der Waals surface area (Å²) < 4.78 is 27.8. The van der Waals surface area contributed by atoms with Crippen LogP contribution in [-0.4, -0.2) is 37.5 Å². The molecular formula is C10H13Br2NO3S2. The van der Waals surface area contributed by atoms with Crippen molar-refractivity contribution in [3.63, 3.8) is 0 Å². The SMILES string of the molecule is O=S(=O)(c1cc(Br)sc1Br)N1CCC(CCO)C1. The van der Waals surface area contributed by atoms with Gasteiger partial charge in [0.2, 0.25) is 10.0 Å². The van der Waals surface area contributed by atoms with Gasteiger partial charge in [0.25, 0.3) is 0 Å². The summed E-state index contributed by atoms with van der Waals surface area (Å²) in [6.07, 6.45) is 1.49. The summed E-state index contributed by atoms with van der Waals surface area (Å²) in [5.74, 6) is 0.269. The van der Waals surface area contributed by atoms with Crippen molar-refractivity contribution in [1.29, 1.82) is 0 Å². The maximum Gasteiger partial charge on any atom is 0.245 e. The van der Waals surface area contributed by atoms with E-state index in [1.165, 1.54) is 15.6 Å². The average molecular weight is 419 g/mol. The first-order valence-corrected chi connectivity index (χ1v) is 9.35. The van der Waals surface area contributed by atoms with E-state index in [1.807, 2.05) is 0 Å². The van der Waals surface area contributed by atoms with E-state index >= 15 is 0 Å². The summed E-state index contributed by atoms with van der Waals surface area (Å²) in [7, 11) is -3.41. The van der Waals surface area contributed by atoms with Gasteiger partial charge >= 0.3 is 0 Å². The molecule has 0 bridgehead atoms. The molecule has 0 radical (unpaired) electrons. The van der Waals surface area contributed by atoms with Crippen molar-refractivity contribution >= 4 is 53.2 Å². The monoisotopic (exact) mass is 417 g/mol. The van der Waals surface area contributed by atoms with Crippen LogP contribution in [0.1, 0.15) is 12.8 Å². The third-order valence-corrected chi connectivity index (χ3v) is 7.65. The van der Waals surface area contributed by atoms with Gasteiger partial charge in [0.05, 0.1) is 7.57 Å². The van der Waals surface area contributed by atoms with Gasteiger partial charge in [-0.25, -0.2) is 8.42 Å². The van der Waals surface area contributed by atoms with Gasteiger partial charge in [-0.1, -0.05) is 0 Å². The highest BCUT2D eigenvalue weighted by Crippen LogP contribution is 2.37. The highest BCUT2D eigenvalue weighted by atomic mass is 79.9. The van der Waals surface area contributed by atoms with Crippen LogP contribution >= 0.6 is 43.2 Å². The van der Waals surface area contributed by atoms with Crippen LogP contribution in [0.5, 0.6) is 0 Å². The molecule has 1 aromatic heterocycles. The Morgan fingerprint density at radius 1 is 1.50 bits per heavy atom. The molecule has 1 fully saturated rings. The largest absolute Gasteiger partial charge is 0.396 e. The normalized spacial score (nSPS) is 21.6. The number of hydrogen-bond donors (Lipinski definition) is 1. The first-order valence-electron chi connectivity index (χ1n) is 5.51. The second-order valence-electron chi connectivity index (χ2n) is 4.22. The lowest BCUT2D eigenvalue weighted by Gasteiger charge is -2.15. The van der Waals surface area contributed by atoms with Crippen molar-refractivity contribution in [2.24, 2.45) is 5.92 Å². The van der Waals surface area contributed by atoms with Crippen LogP contribution in [0.2, 0.25) is 0 Å². The summed E-state index contributed by atoms with van der Waals surface area (Å²) in [6, 6.07) is 1.63. The molecule has 1 aliphatic heterocycles. The summed E-state index contributed by atoms with van der Waals surface area (Å²) in [4.78, 5) is 0.323. The molecule has 0 saturated carbocycles. The molecule has 1 aliphatic rings. The number of aliphatic hydroxyl groups is 1. The van der Waals surface area contributed by atoms with Crippen LogP contribution in [0.4, 0.5) is 0 Å². The molecule has 0 aliphatic carbocycles. The maximum atomic E-state index is 12.4. The van der Waals surface area contributed by atoms with Gasteiger partial charge in [0.15, 0.2) is 0 Å². The van der Waals surface area contributed by atoms with E-state index < -0.39 is 10.0 Å². The van der Waals surface area contributed by atoms with Crippen LogP contribution < -0.4 is 0 Å². The molecule has 1 unspecified atom stereocenters. The van der Waals surface area contributed by atoms with Crippen molar-refractivity contribution in [2.45, 2.75) is 17.7 Å². The van der Waals surface area contributed by atoms with Gasteiger partial charge in [0.1, 0.15) is 4.90 Å². The number of halogens is 2. The predicted octanol–water partition coefficient (Wildman–Crippen LogP) is 2.67. The lowest BCUT2D eigenvalue weighted by molar-refractivity contribution is 0.259. The minimum atomic E-state index is -3.41. The Labute approximate surface area is 127 Å². The number of rotatable bonds is 4. The molecule has 0 amide bonds. The Kier molecular flexibility index (Phi) is 4.88. The van der Waals surface area contributed by atoms with Crippen LogP contribution in [0.15, 0.2) is 18.5 Å². The summed E-state index contributed by atoms with van der Waals surface area (Å²) in [6.45, 7) is 1.15. The van der Waals surface area contributed by atoms with Crippen molar-refractivity contribution in [3.8, 4) is 0 Å². The first kappa shape index (κ1) is 14.9. The fourth-order valence-corrected chi connectivity index (χ4v) is 7.37. The summed E-state index contributed by atoms with van der Waals surface area (Å²) >= 11 is 7.94. The number of aliphatic hydroxyl groups excluding tert-OH is 1. The topological polar surface area (TPSA) is 57.6 Å². The van der Waals surface area contributed by atoms with E-state index in [1.54, 1.807) is 6.07 Å². The molecule has 8 heteroatoms. The number of nitrogens with zero attached hydrogens (tertiary/aromatic N) is 1. The second-order valence-corrected chi connectivity index (χ2v) is 9.87. The zero-order chi connectivity index (χ0) is 13.3. The molecule has 0 spiro atoms. The fourth-order valence-electron chi connectivity index (χ4n) is 2.07. The Morgan fingerprint density at radius 2 is 2.22 bits per heavy atom. The lowest BCUT2D eigenvalue weighted by atomic mass is 10.1. The Hall–Kier alpha value is 0.530. The minimum absolute atomic E-state index is 0.117. The zero-order valence-electron chi connectivity index (χ0n) is 9.47. The molecule has 102 valence electrons. The van der Waals surface area contributed by atoms with E-state index in [-0.39, 0.29) is 12.5 Å². The molecule has 1 atom stereocenters. The van der Waals surface area contributed by atoms with E-state index in [0.717, 1.165) is 10.2 Å². The van der Waals surface area contributed by atoms with E-state index in [2.05, 4.69) is 31.9 Å². The number of sulfonamides is 1. The van der Waals surface area contributed by atoms with E-state index in [4.69, 9.17) is 5.11 Å². The fraction of sp³-hybridized carbons (Fsp3) is 0.600. The van der Waals surface area contributed by atoms with Gasteiger partial charge < -0.3 is 5.11 Å². The third kappa shape index (κ3) is 2.99. The molecular weight excluding hydrogens is 406 g/mol. The van der Waals surface area contributed by atoms with Gasteiger partial charge in [0, 0.05) is 19.7 Å². The molecule has 4 nitrogen and oxygen atoms in total. The Morgan fingerprint density at radius 3 is 2.78 bits per heavy atom. The Bertz CT molecular complexity index is 529. The standard InChI is InChI=1S/C10H13Br2NO3S2/c11-9-5-8(10(12)17-9)18(15,16)13-3-1-7(6-13)2-4-14/h5,7,14H,1-4,6H2. The van der Waals surface area contributed by atoms with Gasteiger partial charge in [-0.15, -0.1) is 11.3 Å². The number of hydrogen-bond acceptors (Lipinski definition) is 4. The molecule has 1 saturated heterocycles. The second kappa shape index (κ2) is 5.88. The van der Waals surface area contributed by atoms with Crippen molar-refractivity contribution in [2.75, 3.05) is 19.7 Å². The smallest absolute Gasteiger partial charge is 0.245 e. The lowest BCUT2D eigenvalue weighted by Crippen LogP contribution is -2.28. The van der Waals surface area contributed by atoms with Crippen LogP contribution in [0, 0.1) is 5.92 Å². The highest BCUT2D eigenvalue weighted by Gasteiger charge is 2.34. The molecule has 18 heavy (non-hydrogen) atoms. The quantitative estimate of drug-likeness (QED) is 0.817. The zero-order valence-corrected chi connectivity index (χ0v) is 14.3. The van der Waals surface area contributed by atoms with Crippen molar-refractivity contribution < 1.29 is 13.5 Å². The highest BCUT2D eigenvalue weighted by molar-refractivity contribution is 9.12. The Balaban J connectivity index is 2.20. The predicted molar refractivity (Wildman–Crippen MR) is 78.3 cm³/mol. The molecule has 2 heterocycles. The van der Waals surface area contributed by atoms with E-state index in [9.17, 15) is 8.42 Å².